The molecule has 0 radical (unpaired) electrons. The molecule has 0 unspecified atom stereocenters. The maximum atomic E-state index is 13.6. The molecular formula is C39H36F5N5O5. The summed E-state index contributed by atoms with van der Waals surface area (Å²) < 4.78 is 78.0. The predicted molar refractivity (Wildman–Crippen MR) is 189 cm³/mol. The van der Waals surface area contributed by atoms with Crippen LogP contribution in [0.5, 0.6) is 5.75 Å². The van der Waals surface area contributed by atoms with E-state index in [9.17, 15) is 36.3 Å². The molecule has 1 aliphatic rings. The van der Waals surface area contributed by atoms with Gasteiger partial charge in [0.15, 0.2) is 12.3 Å². The molecule has 0 aliphatic carbocycles. The largest absolute Gasteiger partial charge is 0.482 e. The van der Waals surface area contributed by atoms with Gasteiger partial charge in [-0.25, -0.2) is 13.3 Å². The Morgan fingerprint density at radius 1 is 0.926 bits per heavy atom. The van der Waals surface area contributed by atoms with Gasteiger partial charge in [-0.1, -0.05) is 36.4 Å². The minimum atomic E-state index is -4.64. The number of ether oxygens (including phenoxy) is 2. The summed E-state index contributed by atoms with van der Waals surface area (Å²) in [6.45, 7) is 3.42. The molecule has 3 aromatic carbocycles. The molecule has 15 heteroatoms. The number of pyridine rings is 1. The van der Waals surface area contributed by atoms with Crippen molar-refractivity contribution in [1.82, 2.24) is 19.5 Å². The number of rotatable bonds is 12. The molecule has 282 valence electrons. The Balaban J connectivity index is 1.16. The summed E-state index contributed by atoms with van der Waals surface area (Å²) in [5.74, 6) is -2.81. The van der Waals surface area contributed by atoms with Crippen molar-refractivity contribution >= 4 is 34.9 Å². The highest BCUT2D eigenvalue weighted by Gasteiger charge is 2.33. The fourth-order valence-electron chi connectivity index (χ4n) is 5.84. The number of nitrogens with zero attached hydrogens (tertiary/aromatic N) is 4. The van der Waals surface area contributed by atoms with E-state index in [4.69, 9.17) is 9.47 Å². The van der Waals surface area contributed by atoms with Gasteiger partial charge in [-0.05, 0) is 79.9 Å². The first-order valence-electron chi connectivity index (χ1n) is 17.0. The standard InChI is InChI=1S/C39H36F5N5O5/c1-38(2,3)54-35(51)18-30(25-8-12-28(40)13-9-25)32(50)16-23-4-6-24(7-5-23)27-11-15-34-46-37(47-49(34)19-27)45-31-14-10-26(36(52)48-20-29(41)21-48)17-33(31)53-22-39(42,43)44/h4-15,17,19,29-30H,16,18,20-22H2,1-3H3,(H,45,47)/t30-/m1/s1. The van der Waals surface area contributed by atoms with Crippen LogP contribution in [0.4, 0.5) is 33.6 Å². The van der Waals surface area contributed by atoms with E-state index in [1.165, 1.54) is 45.8 Å². The number of anilines is 2. The topological polar surface area (TPSA) is 115 Å². The van der Waals surface area contributed by atoms with Crippen LogP contribution in [0, 0.1) is 5.82 Å². The molecule has 54 heavy (non-hydrogen) atoms. The highest BCUT2D eigenvalue weighted by Crippen LogP contribution is 2.32. The molecule has 3 heterocycles. The number of alkyl halides is 4. The zero-order valence-electron chi connectivity index (χ0n) is 29.5. The van der Waals surface area contributed by atoms with Crippen LogP contribution in [0.3, 0.4) is 0 Å². The predicted octanol–water partition coefficient (Wildman–Crippen LogP) is 7.64. The first-order valence-corrected chi connectivity index (χ1v) is 17.0. The number of fused-ring (bicyclic) bond motifs is 1. The van der Waals surface area contributed by atoms with E-state index in [0.717, 1.165) is 17.2 Å². The van der Waals surface area contributed by atoms with Crippen molar-refractivity contribution in [2.45, 2.75) is 57.5 Å². The number of likely N-dealkylation sites (tertiary alicyclic amines) is 1. The molecule has 0 spiro atoms. The van der Waals surface area contributed by atoms with Crippen molar-refractivity contribution in [3.05, 3.63) is 108 Å². The van der Waals surface area contributed by atoms with Gasteiger partial charge < -0.3 is 19.7 Å². The van der Waals surface area contributed by atoms with Crippen molar-refractivity contribution in [2.24, 2.45) is 0 Å². The van der Waals surface area contributed by atoms with Crippen LogP contribution in [0.15, 0.2) is 85.1 Å². The van der Waals surface area contributed by atoms with Crippen LogP contribution in [0.2, 0.25) is 0 Å². The van der Waals surface area contributed by atoms with Gasteiger partial charge in [0.1, 0.15) is 29.1 Å². The summed E-state index contributed by atoms with van der Waals surface area (Å²) in [5.41, 5.74) is 2.54. The number of hydrogen-bond acceptors (Lipinski definition) is 8. The molecule has 6 rings (SSSR count). The molecule has 0 bridgehead atoms. The van der Waals surface area contributed by atoms with Crippen LogP contribution < -0.4 is 10.1 Å². The number of aromatic nitrogens is 3. The second-order valence-electron chi connectivity index (χ2n) is 13.9. The molecule has 5 aromatic rings. The number of carbonyl (C=O) groups excluding carboxylic acids is 3. The van der Waals surface area contributed by atoms with Gasteiger partial charge >= 0.3 is 12.1 Å². The van der Waals surface area contributed by atoms with Crippen LogP contribution >= 0.6 is 0 Å². The van der Waals surface area contributed by atoms with Crippen LogP contribution in [-0.4, -0.2) is 74.8 Å². The quantitative estimate of drug-likeness (QED) is 0.102. The summed E-state index contributed by atoms with van der Waals surface area (Å²) >= 11 is 0. The molecule has 2 aromatic heterocycles. The number of Topliss-reactive ketones (excluding diaryl/α,β-unsaturated/α-hetero) is 1. The zero-order valence-corrected chi connectivity index (χ0v) is 29.5. The van der Waals surface area contributed by atoms with Crippen molar-refractivity contribution < 1.29 is 45.8 Å². The smallest absolute Gasteiger partial charge is 0.422 e. The molecule has 1 saturated heterocycles. The lowest BCUT2D eigenvalue weighted by atomic mass is 9.88. The average molecular weight is 750 g/mol. The lowest BCUT2D eigenvalue weighted by Gasteiger charge is -2.34. The Hall–Kier alpha value is -5.86. The highest BCUT2D eigenvalue weighted by atomic mass is 19.4. The fourth-order valence-corrected chi connectivity index (χ4v) is 5.84. The first kappa shape index (κ1) is 37.9. The molecular weight excluding hydrogens is 713 g/mol. The third kappa shape index (κ3) is 9.57. The fraction of sp³-hybridized carbons (Fsp3) is 0.308. The van der Waals surface area contributed by atoms with E-state index in [-0.39, 0.29) is 54.7 Å². The monoisotopic (exact) mass is 749 g/mol. The number of carbonyl (C=O) groups is 3. The molecule has 10 nitrogen and oxygen atoms in total. The van der Waals surface area contributed by atoms with Gasteiger partial charge in [-0.2, -0.15) is 18.2 Å². The highest BCUT2D eigenvalue weighted by molar-refractivity contribution is 5.96. The van der Waals surface area contributed by atoms with E-state index in [2.05, 4.69) is 15.4 Å². The molecule has 1 fully saturated rings. The third-order valence-electron chi connectivity index (χ3n) is 8.44. The van der Waals surface area contributed by atoms with Gasteiger partial charge in [0, 0.05) is 23.7 Å². The van der Waals surface area contributed by atoms with E-state index in [1.807, 2.05) is 12.1 Å². The van der Waals surface area contributed by atoms with Crippen LogP contribution in [0.25, 0.3) is 16.8 Å². The van der Waals surface area contributed by atoms with Crippen molar-refractivity contribution in [2.75, 3.05) is 25.0 Å². The Bertz CT molecular complexity index is 2160. The Morgan fingerprint density at radius 2 is 1.61 bits per heavy atom. The van der Waals surface area contributed by atoms with Gasteiger partial charge in [-0.15, -0.1) is 5.10 Å². The summed E-state index contributed by atoms with van der Waals surface area (Å²) in [7, 11) is 0. The molecule has 1 atom stereocenters. The Kier molecular flexibility index (Phi) is 10.7. The van der Waals surface area contributed by atoms with Crippen LogP contribution in [-0.2, 0) is 20.7 Å². The number of hydrogen-bond donors (Lipinski definition) is 1. The van der Waals surface area contributed by atoms with E-state index in [0.29, 0.717) is 16.8 Å². The van der Waals surface area contributed by atoms with E-state index >= 15 is 0 Å². The zero-order chi connectivity index (χ0) is 38.8. The van der Waals surface area contributed by atoms with Crippen molar-refractivity contribution in [1.29, 1.82) is 0 Å². The number of benzene rings is 3. The SMILES string of the molecule is CC(C)(C)OC(=O)C[C@@H](C(=O)Cc1ccc(-c2ccc3nc(Nc4ccc(C(=O)N5CC(F)C5)cc4OCC(F)(F)F)nn3c2)cc1)c1ccc(F)cc1. The van der Waals surface area contributed by atoms with Gasteiger partial charge in [0.25, 0.3) is 5.91 Å². The summed E-state index contributed by atoms with van der Waals surface area (Å²) in [6.07, 6.45) is -4.26. The van der Waals surface area contributed by atoms with Gasteiger partial charge in [0.2, 0.25) is 5.95 Å². The van der Waals surface area contributed by atoms with Gasteiger partial charge in [-0.3, -0.25) is 14.4 Å². The number of nitrogens with one attached hydrogen (secondary N) is 1. The first-order chi connectivity index (χ1) is 25.5. The number of ketones is 1. The summed E-state index contributed by atoms with van der Waals surface area (Å²) in [4.78, 5) is 44.5. The van der Waals surface area contributed by atoms with E-state index < -0.39 is 48.2 Å². The van der Waals surface area contributed by atoms with E-state index in [1.54, 1.807) is 51.2 Å². The molecule has 0 saturated carbocycles. The number of amides is 1. The minimum absolute atomic E-state index is 0.0163. The third-order valence-corrected chi connectivity index (χ3v) is 8.44. The lowest BCUT2D eigenvalue weighted by Crippen LogP contribution is -2.51. The Morgan fingerprint density at radius 3 is 2.26 bits per heavy atom. The lowest BCUT2D eigenvalue weighted by molar-refractivity contribution is -0.156. The molecule has 1 N–H and O–H groups in total. The van der Waals surface area contributed by atoms with Crippen molar-refractivity contribution in [3.8, 4) is 16.9 Å². The minimum Gasteiger partial charge on any atom is -0.482 e. The second-order valence-corrected chi connectivity index (χ2v) is 13.9. The second kappa shape index (κ2) is 15.2. The maximum Gasteiger partial charge on any atom is 0.422 e. The Labute approximate surface area is 306 Å². The number of esters is 1. The molecule has 1 aliphatic heterocycles. The summed E-state index contributed by atoms with van der Waals surface area (Å²) in [6, 6.07) is 20.1. The normalized spacial score (nSPS) is 14.0. The summed E-state index contributed by atoms with van der Waals surface area (Å²) in [5, 5.41) is 7.27. The maximum absolute atomic E-state index is 13.6. The number of halogens is 5. The van der Waals surface area contributed by atoms with Crippen molar-refractivity contribution in [3.63, 3.8) is 0 Å². The van der Waals surface area contributed by atoms with Crippen LogP contribution in [0.1, 0.15) is 54.6 Å². The molecule has 1 amide bonds. The average Bonchev–Trinajstić information content (AvgIpc) is 3.50. The van der Waals surface area contributed by atoms with Gasteiger partial charge in [0.05, 0.1) is 31.1 Å².